The van der Waals surface area contributed by atoms with Crippen LogP contribution in [-0.4, -0.2) is 45.9 Å². The SMILES string of the molecule is Cc1cc(Cl)c2c(c1)C1(NC(C(C)O)C3C(=O)N(C4CCCCCC4)C(=O)C31)C(=O)N2. The minimum Gasteiger partial charge on any atom is -0.392 e. The van der Waals surface area contributed by atoms with Crippen molar-refractivity contribution in [2.24, 2.45) is 11.8 Å². The first-order valence-electron chi connectivity index (χ1n) is 11.2. The van der Waals surface area contributed by atoms with Crippen LogP contribution in [0.3, 0.4) is 0 Å². The summed E-state index contributed by atoms with van der Waals surface area (Å²) in [5.41, 5.74) is 0.507. The molecule has 166 valence electrons. The number of nitrogens with one attached hydrogen (secondary N) is 2. The van der Waals surface area contributed by atoms with E-state index in [-0.39, 0.29) is 17.9 Å². The molecule has 1 spiro atoms. The van der Waals surface area contributed by atoms with Gasteiger partial charge in [-0.15, -0.1) is 0 Å². The lowest BCUT2D eigenvalue weighted by molar-refractivity contribution is -0.146. The summed E-state index contributed by atoms with van der Waals surface area (Å²) in [4.78, 5) is 42.3. The summed E-state index contributed by atoms with van der Waals surface area (Å²) in [6.07, 6.45) is 4.87. The standard InChI is InChI=1S/C23H28ClN3O4/c1-11-9-14-19(15(24)10-11)25-22(31)23(14)17-16(18(26-23)12(2)28)20(29)27(21(17)30)13-7-5-3-4-6-8-13/h9-10,12-13,16-18,26,28H,3-8H2,1-2H3,(H,25,31). The fourth-order valence-electron chi connectivity index (χ4n) is 6.24. The second-order valence-electron chi connectivity index (χ2n) is 9.54. The molecule has 5 unspecified atom stereocenters. The van der Waals surface area contributed by atoms with Crippen molar-refractivity contribution in [3.05, 3.63) is 28.3 Å². The van der Waals surface area contributed by atoms with Gasteiger partial charge in [0.15, 0.2) is 0 Å². The van der Waals surface area contributed by atoms with Crippen LogP contribution in [0.25, 0.3) is 0 Å². The molecule has 3 N–H and O–H groups in total. The third-order valence-corrected chi connectivity index (χ3v) is 7.90. The van der Waals surface area contributed by atoms with E-state index in [9.17, 15) is 19.5 Å². The Labute approximate surface area is 186 Å². The highest BCUT2D eigenvalue weighted by molar-refractivity contribution is 6.35. The number of aryl methyl sites for hydroxylation is 1. The Morgan fingerprint density at radius 2 is 1.81 bits per heavy atom. The number of hydrogen-bond acceptors (Lipinski definition) is 5. The molecule has 0 bridgehead atoms. The van der Waals surface area contributed by atoms with Crippen LogP contribution in [0.1, 0.15) is 56.6 Å². The van der Waals surface area contributed by atoms with Gasteiger partial charge in [0.25, 0.3) is 0 Å². The molecule has 8 heteroatoms. The number of amides is 3. The van der Waals surface area contributed by atoms with E-state index in [1.54, 1.807) is 13.0 Å². The lowest BCUT2D eigenvalue weighted by Gasteiger charge is -2.32. The molecule has 31 heavy (non-hydrogen) atoms. The van der Waals surface area contributed by atoms with E-state index in [1.807, 2.05) is 13.0 Å². The second-order valence-corrected chi connectivity index (χ2v) is 9.94. The zero-order valence-corrected chi connectivity index (χ0v) is 18.5. The topological polar surface area (TPSA) is 98.7 Å². The number of anilines is 1. The van der Waals surface area contributed by atoms with Crippen molar-refractivity contribution in [2.45, 2.75) is 76.1 Å². The molecule has 1 aromatic carbocycles. The molecule has 5 atom stereocenters. The van der Waals surface area contributed by atoms with Crippen molar-refractivity contribution in [1.82, 2.24) is 10.2 Å². The first-order chi connectivity index (χ1) is 14.8. The molecule has 3 aliphatic heterocycles. The molecular weight excluding hydrogens is 418 g/mol. The number of aliphatic hydroxyl groups excluding tert-OH is 1. The number of carbonyl (C=O) groups is 3. The zero-order chi connectivity index (χ0) is 22.1. The van der Waals surface area contributed by atoms with Gasteiger partial charge in [0.1, 0.15) is 5.54 Å². The van der Waals surface area contributed by atoms with Gasteiger partial charge in [0.05, 0.1) is 28.6 Å². The lowest BCUT2D eigenvalue weighted by Crippen LogP contribution is -2.55. The van der Waals surface area contributed by atoms with Crippen molar-refractivity contribution < 1.29 is 19.5 Å². The van der Waals surface area contributed by atoms with Gasteiger partial charge in [-0.25, -0.2) is 0 Å². The number of nitrogens with zero attached hydrogens (tertiary/aromatic N) is 1. The number of benzene rings is 1. The number of imide groups is 1. The molecule has 2 saturated heterocycles. The van der Waals surface area contributed by atoms with Gasteiger partial charge < -0.3 is 10.4 Å². The average Bonchev–Trinajstić information content (AvgIpc) is 3.18. The maximum Gasteiger partial charge on any atom is 0.250 e. The van der Waals surface area contributed by atoms with Crippen molar-refractivity contribution in [1.29, 1.82) is 0 Å². The molecule has 5 rings (SSSR count). The van der Waals surface area contributed by atoms with Crippen LogP contribution >= 0.6 is 11.6 Å². The van der Waals surface area contributed by atoms with Gasteiger partial charge in [-0.3, -0.25) is 24.6 Å². The maximum absolute atomic E-state index is 13.8. The largest absolute Gasteiger partial charge is 0.392 e. The van der Waals surface area contributed by atoms with Crippen LogP contribution in [0, 0.1) is 18.8 Å². The number of fused-ring (bicyclic) bond motifs is 4. The van der Waals surface area contributed by atoms with Gasteiger partial charge in [0, 0.05) is 17.6 Å². The van der Waals surface area contributed by atoms with Gasteiger partial charge in [-0.1, -0.05) is 43.4 Å². The third-order valence-electron chi connectivity index (χ3n) is 7.60. The highest BCUT2D eigenvalue weighted by Gasteiger charge is 2.71. The fraction of sp³-hybridized carbons (Fsp3) is 0.609. The van der Waals surface area contributed by atoms with Crippen molar-refractivity contribution >= 4 is 35.0 Å². The number of likely N-dealkylation sites (tertiary alicyclic amines) is 1. The van der Waals surface area contributed by atoms with Gasteiger partial charge >= 0.3 is 0 Å². The van der Waals surface area contributed by atoms with Crippen LogP contribution in [0.5, 0.6) is 0 Å². The highest BCUT2D eigenvalue weighted by atomic mass is 35.5. The highest BCUT2D eigenvalue weighted by Crippen LogP contribution is 2.55. The molecule has 1 aliphatic carbocycles. The summed E-state index contributed by atoms with van der Waals surface area (Å²) in [7, 11) is 0. The van der Waals surface area contributed by atoms with Crippen molar-refractivity contribution in [3.8, 4) is 0 Å². The van der Waals surface area contributed by atoms with Crippen LogP contribution in [-0.2, 0) is 19.9 Å². The molecule has 1 aromatic rings. The van der Waals surface area contributed by atoms with E-state index < -0.39 is 35.4 Å². The summed E-state index contributed by atoms with van der Waals surface area (Å²) >= 11 is 6.42. The Bertz CT molecular complexity index is 972. The Hall–Kier alpha value is -1.96. The Balaban J connectivity index is 1.65. The number of carbonyl (C=O) groups excluding carboxylic acids is 3. The molecule has 7 nitrogen and oxygen atoms in total. The first kappa shape index (κ1) is 20.9. The quantitative estimate of drug-likeness (QED) is 0.480. The number of aliphatic hydroxyl groups is 1. The molecular formula is C23H28ClN3O4. The van der Waals surface area contributed by atoms with E-state index in [2.05, 4.69) is 10.6 Å². The zero-order valence-electron chi connectivity index (χ0n) is 17.8. The molecule has 3 amide bonds. The van der Waals surface area contributed by atoms with Crippen LogP contribution < -0.4 is 10.6 Å². The van der Waals surface area contributed by atoms with E-state index in [0.717, 1.165) is 44.1 Å². The second kappa shape index (κ2) is 7.29. The normalized spacial score (nSPS) is 34.1. The number of hydrogen-bond donors (Lipinski definition) is 3. The molecule has 1 saturated carbocycles. The number of rotatable bonds is 2. The van der Waals surface area contributed by atoms with Gasteiger partial charge in [0.2, 0.25) is 17.7 Å². The summed E-state index contributed by atoms with van der Waals surface area (Å²) in [5, 5.41) is 17.0. The Kier molecular flexibility index (Phi) is 4.92. The van der Waals surface area contributed by atoms with Crippen LogP contribution in [0.15, 0.2) is 12.1 Å². The molecule has 0 radical (unpaired) electrons. The summed E-state index contributed by atoms with van der Waals surface area (Å²) in [6.45, 7) is 3.47. The van der Waals surface area contributed by atoms with E-state index in [1.165, 1.54) is 4.90 Å². The molecule has 3 heterocycles. The average molecular weight is 446 g/mol. The van der Waals surface area contributed by atoms with E-state index >= 15 is 0 Å². The minimum absolute atomic E-state index is 0.134. The number of halogens is 1. The van der Waals surface area contributed by atoms with E-state index in [0.29, 0.717) is 16.3 Å². The summed E-state index contributed by atoms with van der Waals surface area (Å²) in [6, 6.07) is 2.77. The third kappa shape index (κ3) is 2.82. The van der Waals surface area contributed by atoms with Crippen molar-refractivity contribution in [3.63, 3.8) is 0 Å². The van der Waals surface area contributed by atoms with Gasteiger partial charge in [-0.05, 0) is 38.3 Å². The predicted octanol–water partition coefficient (Wildman–Crippen LogP) is 2.47. The van der Waals surface area contributed by atoms with Crippen LogP contribution in [0.2, 0.25) is 5.02 Å². The Morgan fingerprint density at radius 1 is 1.13 bits per heavy atom. The van der Waals surface area contributed by atoms with Crippen molar-refractivity contribution in [2.75, 3.05) is 5.32 Å². The lowest BCUT2D eigenvalue weighted by atomic mass is 9.76. The molecule has 3 fully saturated rings. The molecule has 4 aliphatic rings. The Morgan fingerprint density at radius 3 is 2.45 bits per heavy atom. The minimum atomic E-state index is -1.41. The maximum atomic E-state index is 13.8. The smallest absolute Gasteiger partial charge is 0.250 e. The monoisotopic (exact) mass is 445 g/mol. The van der Waals surface area contributed by atoms with E-state index in [4.69, 9.17) is 11.6 Å². The predicted molar refractivity (Wildman–Crippen MR) is 115 cm³/mol. The van der Waals surface area contributed by atoms with Crippen LogP contribution in [0.4, 0.5) is 5.69 Å². The summed E-state index contributed by atoms with van der Waals surface area (Å²) in [5.74, 6) is -2.65. The van der Waals surface area contributed by atoms with Gasteiger partial charge in [-0.2, -0.15) is 0 Å². The summed E-state index contributed by atoms with van der Waals surface area (Å²) < 4.78 is 0. The first-order valence-corrected chi connectivity index (χ1v) is 11.6. The molecule has 0 aromatic heterocycles. The fourth-order valence-corrected chi connectivity index (χ4v) is 6.56.